The lowest BCUT2D eigenvalue weighted by Gasteiger charge is -2.31. The Morgan fingerprint density at radius 3 is 2.22 bits per heavy atom. The summed E-state index contributed by atoms with van der Waals surface area (Å²) in [4.78, 5) is 27.6. The van der Waals surface area contributed by atoms with Crippen LogP contribution in [0, 0.1) is 0 Å². The fourth-order valence-electron chi connectivity index (χ4n) is 5.57. The molecule has 0 bridgehead atoms. The monoisotopic (exact) mass is 677 g/mol. The number of thioether (sulfide) groups is 1. The zero-order valence-corrected chi connectivity index (χ0v) is 27.8. The van der Waals surface area contributed by atoms with Crippen molar-refractivity contribution >= 4 is 52.7 Å². The average molecular weight is 679 g/mol. The first-order valence-electron chi connectivity index (χ1n) is 15.2. The lowest BCUT2D eigenvalue weighted by Crippen LogP contribution is -2.48. The Kier molecular flexibility index (Phi) is 12.4. The second kappa shape index (κ2) is 16.9. The van der Waals surface area contributed by atoms with Crippen LogP contribution in [0.2, 0.25) is 10.0 Å². The fourth-order valence-corrected chi connectivity index (χ4v) is 6.87. The molecule has 5 rings (SSSR count). The second-order valence-electron chi connectivity index (χ2n) is 11.0. The van der Waals surface area contributed by atoms with Crippen LogP contribution in [0.4, 0.5) is 10.5 Å². The van der Waals surface area contributed by atoms with E-state index in [4.69, 9.17) is 32.7 Å². The molecule has 46 heavy (non-hydrogen) atoms. The molecule has 0 radical (unpaired) electrons. The predicted octanol–water partition coefficient (Wildman–Crippen LogP) is 7.57. The van der Waals surface area contributed by atoms with Gasteiger partial charge in [-0.15, -0.1) is 11.8 Å². The molecule has 1 aliphatic heterocycles. The molecule has 1 saturated heterocycles. The first-order chi connectivity index (χ1) is 22.4. The molecule has 10 heteroatoms. The van der Waals surface area contributed by atoms with E-state index in [0.717, 1.165) is 46.8 Å². The van der Waals surface area contributed by atoms with E-state index in [1.54, 1.807) is 11.8 Å². The molecule has 2 amide bonds. The third kappa shape index (κ3) is 9.27. The van der Waals surface area contributed by atoms with Crippen molar-refractivity contribution in [1.82, 2.24) is 10.6 Å². The van der Waals surface area contributed by atoms with Gasteiger partial charge in [0.2, 0.25) is 5.91 Å². The van der Waals surface area contributed by atoms with Gasteiger partial charge in [0.05, 0.1) is 29.4 Å². The van der Waals surface area contributed by atoms with Crippen LogP contribution < -0.4 is 16.0 Å². The third-order valence-electron chi connectivity index (χ3n) is 7.86. The van der Waals surface area contributed by atoms with Gasteiger partial charge < -0.3 is 25.4 Å². The molecule has 3 atom stereocenters. The van der Waals surface area contributed by atoms with E-state index in [0.29, 0.717) is 22.2 Å². The standard InChI is InChI=1S/C36H37Cl2N3O4S/c1-44-36(43)41-34(33(25-11-4-2-5-12-25)26-13-6-3-7-14-26)35(42)40-32-15-9-8-10-24(32)16-17-27-21-39-22-28(45-27)23-46-29-18-19-30(37)31(38)20-29/h2-15,18-20,27-28,33-34,39H,16-17,21-23H2,1H3,(H,40,42)(H,41,43)/t27-,28+,34+/m1/s1. The zero-order valence-electron chi connectivity index (χ0n) is 25.5. The summed E-state index contributed by atoms with van der Waals surface area (Å²) in [6.07, 6.45) is 0.858. The van der Waals surface area contributed by atoms with Crippen LogP contribution in [0.25, 0.3) is 0 Å². The number of amides is 2. The van der Waals surface area contributed by atoms with Crippen molar-refractivity contribution in [3.63, 3.8) is 0 Å². The molecule has 3 N–H and O–H groups in total. The summed E-state index contributed by atoms with van der Waals surface area (Å²) in [7, 11) is 1.29. The number of carbonyl (C=O) groups excluding carboxylic acids is 2. The lowest BCUT2D eigenvalue weighted by atomic mass is 9.84. The molecular formula is C36H37Cl2N3O4S. The molecule has 0 aliphatic carbocycles. The van der Waals surface area contributed by atoms with Crippen LogP contribution in [0.1, 0.15) is 29.0 Å². The number of hydrogen-bond acceptors (Lipinski definition) is 6. The van der Waals surface area contributed by atoms with Crippen molar-refractivity contribution in [2.24, 2.45) is 0 Å². The summed E-state index contributed by atoms with van der Waals surface area (Å²) in [5, 5.41) is 10.5. The molecule has 1 heterocycles. The quantitative estimate of drug-likeness (QED) is 0.134. The number of halogens is 2. The van der Waals surface area contributed by atoms with Gasteiger partial charge in [-0.1, -0.05) is 102 Å². The number of aryl methyl sites for hydroxylation is 1. The molecule has 4 aromatic carbocycles. The van der Waals surface area contributed by atoms with Crippen molar-refractivity contribution in [2.45, 2.75) is 41.9 Å². The van der Waals surface area contributed by atoms with E-state index in [1.807, 2.05) is 103 Å². The number of hydrogen-bond donors (Lipinski definition) is 3. The molecule has 1 aliphatic rings. The molecule has 7 nitrogen and oxygen atoms in total. The Balaban J connectivity index is 1.27. The largest absolute Gasteiger partial charge is 0.453 e. The van der Waals surface area contributed by atoms with Crippen LogP contribution in [-0.2, 0) is 20.7 Å². The predicted molar refractivity (Wildman–Crippen MR) is 186 cm³/mol. The Morgan fingerprint density at radius 1 is 0.891 bits per heavy atom. The van der Waals surface area contributed by atoms with E-state index in [1.165, 1.54) is 7.11 Å². The van der Waals surface area contributed by atoms with E-state index in [-0.39, 0.29) is 18.1 Å². The first-order valence-corrected chi connectivity index (χ1v) is 16.9. The zero-order chi connectivity index (χ0) is 32.3. The minimum absolute atomic E-state index is 0.0196. The molecule has 0 aromatic heterocycles. The Bertz CT molecular complexity index is 1560. The number of rotatable bonds is 12. The normalized spacial score (nSPS) is 16.9. The van der Waals surface area contributed by atoms with Gasteiger partial charge in [0.1, 0.15) is 6.04 Å². The highest BCUT2D eigenvalue weighted by Crippen LogP contribution is 2.31. The summed E-state index contributed by atoms with van der Waals surface area (Å²) < 4.78 is 11.4. The molecule has 240 valence electrons. The van der Waals surface area contributed by atoms with E-state index < -0.39 is 18.1 Å². The number of methoxy groups -OCH3 is 1. The number of nitrogens with one attached hydrogen (secondary N) is 3. The van der Waals surface area contributed by atoms with Gasteiger partial charge in [-0.3, -0.25) is 4.79 Å². The molecule has 0 spiro atoms. The van der Waals surface area contributed by atoms with Crippen molar-refractivity contribution in [3.8, 4) is 0 Å². The molecule has 1 fully saturated rings. The maximum Gasteiger partial charge on any atom is 0.407 e. The maximum atomic E-state index is 14.0. The molecule has 4 aromatic rings. The van der Waals surface area contributed by atoms with Crippen LogP contribution in [-0.4, -0.2) is 56.2 Å². The van der Waals surface area contributed by atoms with Gasteiger partial charge in [-0.25, -0.2) is 4.79 Å². The minimum atomic E-state index is -0.940. The highest BCUT2D eigenvalue weighted by Gasteiger charge is 2.33. The number of anilines is 1. The van der Waals surface area contributed by atoms with Gasteiger partial charge in [-0.05, 0) is 53.8 Å². The Labute approximate surface area is 284 Å². The SMILES string of the molecule is COC(=O)N[C@H](C(=O)Nc1ccccc1CC[C@@H]1CNC[C@@H](CSc2ccc(Cl)c(Cl)c2)O1)C(c1ccccc1)c1ccccc1. The number of morpholine rings is 1. The van der Waals surface area contributed by atoms with Crippen LogP contribution >= 0.6 is 35.0 Å². The number of ether oxygens (including phenoxy) is 2. The van der Waals surface area contributed by atoms with E-state index >= 15 is 0 Å². The summed E-state index contributed by atoms with van der Waals surface area (Å²) in [5.74, 6) is -0.00762. The fraction of sp³-hybridized carbons (Fsp3) is 0.278. The Hall–Kier alpha value is -3.53. The second-order valence-corrected chi connectivity index (χ2v) is 12.9. The van der Waals surface area contributed by atoms with E-state index in [9.17, 15) is 9.59 Å². The van der Waals surface area contributed by atoms with Gasteiger partial charge in [0.25, 0.3) is 0 Å². The van der Waals surface area contributed by atoms with Crippen molar-refractivity contribution in [2.75, 3.05) is 31.3 Å². The van der Waals surface area contributed by atoms with Gasteiger partial charge in [-0.2, -0.15) is 0 Å². The van der Waals surface area contributed by atoms with Gasteiger partial charge >= 0.3 is 6.09 Å². The van der Waals surface area contributed by atoms with Crippen LogP contribution in [0.15, 0.2) is 108 Å². The first kappa shape index (κ1) is 33.8. The minimum Gasteiger partial charge on any atom is -0.453 e. The van der Waals surface area contributed by atoms with E-state index in [2.05, 4.69) is 16.0 Å². The summed E-state index contributed by atoms with van der Waals surface area (Å²) in [5.41, 5.74) is 3.47. The number of carbonyl (C=O) groups is 2. The van der Waals surface area contributed by atoms with Crippen molar-refractivity contribution in [3.05, 3.63) is 130 Å². The molecule has 0 unspecified atom stereocenters. The average Bonchev–Trinajstić information content (AvgIpc) is 3.09. The number of alkyl carbamates (subject to hydrolysis) is 1. The molecular weight excluding hydrogens is 641 g/mol. The van der Waals surface area contributed by atoms with Crippen molar-refractivity contribution < 1.29 is 19.1 Å². The number of para-hydroxylation sites is 1. The summed E-state index contributed by atoms with van der Waals surface area (Å²) >= 11 is 13.9. The van der Waals surface area contributed by atoms with Gasteiger partial charge in [0, 0.05) is 35.3 Å². The van der Waals surface area contributed by atoms with Crippen LogP contribution in [0.3, 0.4) is 0 Å². The highest BCUT2D eigenvalue weighted by atomic mass is 35.5. The maximum absolute atomic E-state index is 14.0. The smallest absolute Gasteiger partial charge is 0.407 e. The lowest BCUT2D eigenvalue weighted by molar-refractivity contribution is -0.118. The third-order valence-corrected chi connectivity index (χ3v) is 9.72. The van der Waals surface area contributed by atoms with Gasteiger partial charge in [0.15, 0.2) is 0 Å². The number of benzene rings is 4. The van der Waals surface area contributed by atoms with Crippen LogP contribution in [0.5, 0.6) is 0 Å². The van der Waals surface area contributed by atoms with Crippen molar-refractivity contribution in [1.29, 1.82) is 0 Å². The Morgan fingerprint density at radius 2 is 1.54 bits per heavy atom. The topological polar surface area (TPSA) is 88.7 Å². The highest BCUT2D eigenvalue weighted by molar-refractivity contribution is 7.99. The summed E-state index contributed by atoms with van der Waals surface area (Å²) in [6, 6.07) is 31.8. The molecule has 0 saturated carbocycles. The summed E-state index contributed by atoms with van der Waals surface area (Å²) in [6.45, 7) is 1.53.